The van der Waals surface area contributed by atoms with Gasteiger partial charge in [-0.3, -0.25) is 5.10 Å². The van der Waals surface area contributed by atoms with Crippen molar-refractivity contribution in [3.63, 3.8) is 0 Å². The Hall–Kier alpha value is -1.13. The van der Waals surface area contributed by atoms with Crippen LogP contribution in [0.4, 0.5) is 0 Å². The van der Waals surface area contributed by atoms with Crippen molar-refractivity contribution >= 4 is 15.9 Å². The number of halogens is 1. The molecule has 0 amide bonds. The molecule has 1 unspecified atom stereocenters. The molecule has 0 spiro atoms. The van der Waals surface area contributed by atoms with Gasteiger partial charge < -0.3 is 5.32 Å². The molecule has 1 atom stereocenters. The second kappa shape index (κ2) is 5.27. The van der Waals surface area contributed by atoms with Crippen LogP contribution in [0.1, 0.15) is 24.2 Å². The molecule has 0 radical (unpaired) electrons. The molecule has 0 aliphatic heterocycles. The number of nitrogens with zero attached hydrogens (tertiary/aromatic N) is 1. The summed E-state index contributed by atoms with van der Waals surface area (Å²) in [5.74, 6) is 0. The lowest BCUT2D eigenvalue weighted by Gasteiger charge is -2.13. The Balaban J connectivity index is 1.93. The van der Waals surface area contributed by atoms with Crippen LogP contribution in [0.25, 0.3) is 0 Å². The highest BCUT2D eigenvalue weighted by Gasteiger charge is 2.04. The Kier molecular flexibility index (Phi) is 3.74. The van der Waals surface area contributed by atoms with Gasteiger partial charge in [-0.15, -0.1) is 0 Å². The summed E-state index contributed by atoms with van der Waals surface area (Å²) in [6, 6.07) is 10.7. The van der Waals surface area contributed by atoms with E-state index in [2.05, 4.69) is 62.6 Å². The minimum absolute atomic E-state index is 0.330. The van der Waals surface area contributed by atoms with E-state index >= 15 is 0 Å². The van der Waals surface area contributed by atoms with Gasteiger partial charge in [0.15, 0.2) is 0 Å². The molecule has 1 heterocycles. The fourth-order valence-electron chi connectivity index (χ4n) is 1.52. The average molecular weight is 280 g/mol. The largest absolute Gasteiger partial charge is 0.305 e. The van der Waals surface area contributed by atoms with Crippen LogP contribution in [0.5, 0.6) is 0 Å². The monoisotopic (exact) mass is 279 g/mol. The summed E-state index contributed by atoms with van der Waals surface area (Å²) in [4.78, 5) is 0. The van der Waals surface area contributed by atoms with Crippen molar-refractivity contribution in [1.29, 1.82) is 0 Å². The molecule has 4 heteroatoms. The summed E-state index contributed by atoms with van der Waals surface area (Å²) in [6.45, 7) is 2.96. The molecule has 1 aromatic carbocycles. The lowest BCUT2D eigenvalue weighted by atomic mass is 10.1. The number of nitrogens with one attached hydrogen (secondary N) is 2. The summed E-state index contributed by atoms with van der Waals surface area (Å²) in [5.41, 5.74) is 2.38. The summed E-state index contributed by atoms with van der Waals surface area (Å²) < 4.78 is 1.11. The number of aromatic amines is 1. The highest BCUT2D eigenvalue weighted by Crippen LogP contribution is 2.16. The first kappa shape index (κ1) is 11.4. The molecule has 1 aromatic heterocycles. The molecule has 0 aliphatic carbocycles. The van der Waals surface area contributed by atoms with E-state index in [9.17, 15) is 0 Å². The van der Waals surface area contributed by atoms with Gasteiger partial charge in [0.2, 0.25) is 0 Å². The van der Waals surface area contributed by atoms with E-state index in [1.54, 1.807) is 6.20 Å². The lowest BCUT2D eigenvalue weighted by molar-refractivity contribution is 0.567. The molecule has 0 fully saturated rings. The van der Waals surface area contributed by atoms with Gasteiger partial charge in [-0.05, 0) is 30.7 Å². The van der Waals surface area contributed by atoms with E-state index in [4.69, 9.17) is 0 Å². The van der Waals surface area contributed by atoms with E-state index in [1.807, 2.05) is 6.07 Å². The fraction of sp³-hybridized carbons (Fsp3) is 0.250. The Bertz CT molecular complexity index is 422. The number of hydrogen-bond donors (Lipinski definition) is 2. The lowest BCUT2D eigenvalue weighted by Crippen LogP contribution is -2.18. The Morgan fingerprint density at radius 3 is 2.69 bits per heavy atom. The molecule has 16 heavy (non-hydrogen) atoms. The molecular weight excluding hydrogens is 266 g/mol. The van der Waals surface area contributed by atoms with Crippen molar-refractivity contribution in [3.05, 3.63) is 52.3 Å². The smallest absolute Gasteiger partial charge is 0.0490 e. The second-order valence-electron chi connectivity index (χ2n) is 3.74. The summed E-state index contributed by atoms with van der Waals surface area (Å²) in [7, 11) is 0. The summed E-state index contributed by atoms with van der Waals surface area (Å²) in [5, 5.41) is 10.3. The van der Waals surface area contributed by atoms with Crippen LogP contribution in [0, 0.1) is 0 Å². The third kappa shape index (κ3) is 2.93. The molecule has 2 aromatic rings. The van der Waals surface area contributed by atoms with Crippen LogP contribution in [0.15, 0.2) is 41.0 Å². The minimum atomic E-state index is 0.330. The maximum atomic E-state index is 3.91. The molecule has 2 rings (SSSR count). The maximum Gasteiger partial charge on any atom is 0.0490 e. The average Bonchev–Trinajstić information content (AvgIpc) is 2.80. The summed E-state index contributed by atoms with van der Waals surface area (Å²) >= 11 is 3.43. The number of H-pyrrole nitrogens is 1. The topological polar surface area (TPSA) is 40.7 Å². The van der Waals surface area contributed by atoms with Gasteiger partial charge in [0.1, 0.15) is 0 Å². The molecule has 84 valence electrons. The highest BCUT2D eigenvalue weighted by atomic mass is 79.9. The summed E-state index contributed by atoms with van der Waals surface area (Å²) in [6.07, 6.45) is 1.77. The fourth-order valence-corrected chi connectivity index (χ4v) is 1.78. The van der Waals surface area contributed by atoms with Gasteiger partial charge >= 0.3 is 0 Å². The predicted molar refractivity (Wildman–Crippen MR) is 68.0 cm³/mol. The first-order valence-corrected chi connectivity index (χ1v) is 6.02. The van der Waals surface area contributed by atoms with Crippen molar-refractivity contribution in [2.24, 2.45) is 0 Å². The first-order valence-electron chi connectivity index (χ1n) is 5.23. The number of aromatic nitrogens is 2. The number of benzene rings is 1. The van der Waals surface area contributed by atoms with E-state index in [-0.39, 0.29) is 0 Å². The predicted octanol–water partition coefficient (Wildman–Crippen LogP) is 3.02. The van der Waals surface area contributed by atoms with E-state index < -0.39 is 0 Å². The number of rotatable bonds is 4. The van der Waals surface area contributed by atoms with Crippen LogP contribution < -0.4 is 5.32 Å². The van der Waals surface area contributed by atoms with Gasteiger partial charge in [-0.25, -0.2) is 0 Å². The molecule has 0 bridgehead atoms. The molecular formula is C12H14BrN3. The van der Waals surface area contributed by atoms with E-state index in [0.717, 1.165) is 16.7 Å². The first-order chi connectivity index (χ1) is 7.75. The van der Waals surface area contributed by atoms with Crippen LogP contribution >= 0.6 is 15.9 Å². The zero-order valence-corrected chi connectivity index (χ0v) is 10.7. The van der Waals surface area contributed by atoms with Crippen molar-refractivity contribution in [2.75, 3.05) is 0 Å². The van der Waals surface area contributed by atoms with Crippen LogP contribution in [0.2, 0.25) is 0 Å². The third-order valence-corrected chi connectivity index (χ3v) is 3.06. The van der Waals surface area contributed by atoms with Crippen molar-refractivity contribution in [1.82, 2.24) is 15.5 Å². The van der Waals surface area contributed by atoms with Crippen LogP contribution in [-0.4, -0.2) is 10.2 Å². The highest BCUT2D eigenvalue weighted by molar-refractivity contribution is 9.10. The molecule has 0 aliphatic rings. The zero-order valence-electron chi connectivity index (χ0n) is 9.07. The standard InChI is InChI=1S/C12H14BrN3/c1-9(10-2-4-11(13)5-3-10)14-8-12-6-7-15-16-12/h2-7,9,14H,8H2,1H3,(H,15,16). The SMILES string of the molecule is CC(NCc1ccn[nH]1)c1ccc(Br)cc1. The van der Waals surface area contributed by atoms with Gasteiger partial charge in [0.05, 0.1) is 0 Å². The Morgan fingerprint density at radius 1 is 1.31 bits per heavy atom. The quantitative estimate of drug-likeness (QED) is 0.903. The van der Waals surface area contributed by atoms with E-state index in [0.29, 0.717) is 6.04 Å². The van der Waals surface area contributed by atoms with Gasteiger partial charge in [0, 0.05) is 29.0 Å². The van der Waals surface area contributed by atoms with Crippen molar-refractivity contribution in [3.8, 4) is 0 Å². The Labute approximate surface area is 103 Å². The second-order valence-corrected chi connectivity index (χ2v) is 4.65. The van der Waals surface area contributed by atoms with Crippen molar-refractivity contribution < 1.29 is 0 Å². The van der Waals surface area contributed by atoms with E-state index in [1.165, 1.54) is 5.56 Å². The number of hydrogen-bond acceptors (Lipinski definition) is 2. The van der Waals surface area contributed by atoms with Crippen LogP contribution in [0.3, 0.4) is 0 Å². The Morgan fingerprint density at radius 2 is 2.06 bits per heavy atom. The normalized spacial score (nSPS) is 12.6. The zero-order chi connectivity index (χ0) is 11.4. The van der Waals surface area contributed by atoms with Gasteiger partial charge in [-0.1, -0.05) is 28.1 Å². The van der Waals surface area contributed by atoms with Gasteiger partial charge in [0.25, 0.3) is 0 Å². The van der Waals surface area contributed by atoms with Crippen LogP contribution in [-0.2, 0) is 6.54 Å². The molecule has 0 saturated heterocycles. The molecule has 2 N–H and O–H groups in total. The molecule has 0 saturated carbocycles. The third-order valence-electron chi connectivity index (χ3n) is 2.53. The van der Waals surface area contributed by atoms with Crippen molar-refractivity contribution in [2.45, 2.75) is 19.5 Å². The molecule has 3 nitrogen and oxygen atoms in total. The maximum absolute atomic E-state index is 3.91. The minimum Gasteiger partial charge on any atom is -0.305 e. The van der Waals surface area contributed by atoms with Gasteiger partial charge in [-0.2, -0.15) is 5.10 Å².